The molecule has 0 spiro atoms. The lowest BCUT2D eigenvalue weighted by molar-refractivity contribution is -0.141. The maximum Gasteiger partial charge on any atom is 0.349 e. The van der Waals surface area contributed by atoms with Crippen LogP contribution in [0.3, 0.4) is 0 Å². The maximum absolute atomic E-state index is 12.1. The zero-order chi connectivity index (χ0) is 15.5. The molecule has 0 fully saturated rings. The zero-order valence-electron chi connectivity index (χ0n) is 10.6. The Labute approximate surface area is 119 Å². The van der Waals surface area contributed by atoms with Crippen LogP contribution in [-0.4, -0.2) is 49.8 Å². The number of hydrogen-bond acceptors (Lipinski definition) is 7. The van der Waals surface area contributed by atoms with Crippen molar-refractivity contribution in [2.75, 3.05) is 7.11 Å². The topological polar surface area (TPSA) is 130 Å². The summed E-state index contributed by atoms with van der Waals surface area (Å²) in [6.45, 7) is 1.14. The average Bonchev–Trinajstić information content (AvgIpc) is 2.84. The van der Waals surface area contributed by atoms with E-state index in [-0.39, 0.29) is 9.77 Å². The Morgan fingerprint density at radius 3 is 2.50 bits per heavy atom. The first-order valence-electron chi connectivity index (χ1n) is 5.29. The first-order chi connectivity index (χ1) is 9.20. The largest absolute Gasteiger partial charge is 0.480 e. The van der Waals surface area contributed by atoms with Gasteiger partial charge in [0.25, 0.3) is 0 Å². The Bertz CT molecular complexity index is 605. The standard InChI is InChI=1S/C10H13NO7S2/c1-5(12)7(9(13)14)11-20(16,17)6-3-4-19-8(6)10(15)18-2/h3-5,7,11-12H,1-2H3,(H,13,14). The van der Waals surface area contributed by atoms with Crippen LogP contribution in [0.2, 0.25) is 0 Å². The highest BCUT2D eigenvalue weighted by atomic mass is 32.2. The number of rotatable bonds is 6. The van der Waals surface area contributed by atoms with Crippen LogP contribution in [0.15, 0.2) is 16.3 Å². The number of hydrogen-bond donors (Lipinski definition) is 3. The lowest BCUT2D eigenvalue weighted by Gasteiger charge is -2.17. The summed E-state index contributed by atoms with van der Waals surface area (Å²) in [5.41, 5.74) is 0. The predicted octanol–water partition coefficient (Wildman–Crippen LogP) is -0.353. The van der Waals surface area contributed by atoms with Crippen molar-refractivity contribution in [2.24, 2.45) is 0 Å². The molecule has 1 aromatic heterocycles. The number of methoxy groups -OCH3 is 1. The van der Waals surface area contributed by atoms with Gasteiger partial charge in [-0.25, -0.2) is 13.2 Å². The van der Waals surface area contributed by atoms with Crippen LogP contribution < -0.4 is 4.72 Å². The molecule has 8 nitrogen and oxygen atoms in total. The molecule has 10 heteroatoms. The quantitative estimate of drug-likeness (QED) is 0.610. The summed E-state index contributed by atoms with van der Waals surface area (Å²) in [6, 6.07) is -0.564. The molecule has 1 aromatic rings. The van der Waals surface area contributed by atoms with E-state index in [1.165, 1.54) is 5.38 Å². The molecular weight excluding hydrogens is 310 g/mol. The minimum atomic E-state index is -4.27. The lowest BCUT2D eigenvalue weighted by Crippen LogP contribution is -2.47. The molecular formula is C10H13NO7S2. The first-order valence-corrected chi connectivity index (χ1v) is 7.66. The molecule has 2 unspecified atom stereocenters. The molecule has 0 aliphatic heterocycles. The average molecular weight is 323 g/mol. The Morgan fingerprint density at radius 2 is 2.05 bits per heavy atom. The summed E-state index contributed by atoms with van der Waals surface area (Å²) in [6.07, 6.45) is -1.44. The van der Waals surface area contributed by atoms with E-state index >= 15 is 0 Å². The van der Waals surface area contributed by atoms with Crippen LogP contribution in [0.25, 0.3) is 0 Å². The molecule has 0 radical (unpaired) electrons. The molecule has 1 rings (SSSR count). The molecule has 1 heterocycles. The number of sulfonamides is 1. The molecule has 0 saturated carbocycles. The second-order valence-electron chi connectivity index (χ2n) is 3.78. The highest BCUT2D eigenvalue weighted by Gasteiger charge is 2.32. The fourth-order valence-electron chi connectivity index (χ4n) is 1.34. The van der Waals surface area contributed by atoms with Gasteiger partial charge in [0.2, 0.25) is 10.0 Å². The van der Waals surface area contributed by atoms with Crippen molar-refractivity contribution in [3.63, 3.8) is 0 Å². The van der Waals surface area contributed by atoms with Crippen molar-refractivity contribution in [3.8, 4) is 0 Å². The zero-order valence-corrected chi connectivity index (χ0v) is 12.2. The fourth-order valence-corrected chi connectivity index (χ4v) is 3.93. The van der Waals surface area contributed by atoms with E-state index in [0.717, 1.165) is 31.4 Å². The van der Waals surface area contributed by atoms with E-state index in [9.17, 15) is 23.1 Å². The number of ether oxygens (including phenoxy) is 1. The van der Waals surface area contributed by atoms with Gasteiger partial charge in [-0.15, -0.1) is 11.3 Å². The van der Waals surface area contributed by atoms with Gasteiger partial charge in [0.05, 0.1) is 13.2 Å². The van der Waals surface area contributed by atoms with Gasteiger partial charge in [-0.1, -0.05) is 0 Å². The Balaban J connectivity index is 3.15. The Morgan fingerprint density at radius 1 is 1.45 bits per heavy atom. The molecule has 2 atom stereocenters. The molecule has 3 N–H and O–H groups in total. The number of aliphatic carboxylic acids is 1. The van der Waals surface area contributed by atoms with E-state index in [1.54, 1.807) is 0 Å². The molecule has 20 heavy (non-hydrogen) atoms. The number of aliphatic hydroxyl groups is 1. The van der Waals surface area contributed by atoms with Crippen LogP contribution in [0, 0.1) is 0 Å². The molecule has 0 aliphatic carbocycles. The fraction of sp³-hybridized carbons (Fsp3) is 0.400. The second-order valence-corrected chi connectivity index (χ2v) is 6.38. The third kappa shape index (κ3) is 3.54. The normalized spacial score (nSPS) is 14.6. The van der Waals surface area contributed by atoms with Gasteiger partial charge in [-0.05, 0) is 18.4 Å². The molecule has 0 bridgehead atoms. The van der Waals surface area contributed by atoms with Crippen LogP contribution in [0.4, 0.5) is 0 Å². The molecule has 0 aliphatic rings. The summed E-state index contributed by atoms with van der Waals surface area (Å²) in [4.78, 5) is 21.8. The number of aliphatic hydroxyl groups excluding tert-OH is 1. The van der Waals surface area contributed by atoms with E-state index in [1.807, 2.05) is 4.72 Å². The molecule has 0 amide bonds. The summed E-state index contributed by atoms with van der Waals surface area (Å²) >= 11 is 0.849. The van der Waals surface area contributed by atoms with Gasteiger partial charge in [-0.2, -0.15) is 4.72 Å². The number of carbonyl (C=O) groups excluding carboxylic acids is 1. The Kier molecular flexibility index (Phi) is 5.22. The molecule has 112 valence electrons. The monoisotopic (exact) mass is 323 g/mol. The number of nitrogens with one attached hydrogen (secondary N) is 1. The van der Waals surface area contributed by atoms with E-state index in [4.69, 9.17) is 5.11 Å². The number of carboxylic acids is 1. The van der Waals surface area contributed by atoms with Crippen LogP contribution in [0.5, 0.6) is 0 Å². The number of carbonyl (C=O) groups is 2. The summed E-state index contributed by atoms with van der Waals surface area (Å²) < 4.78 is 30.4. The van der Waals surface area contributed by atoms with Crippen molar-refractivity contribution in [1.82, 2.24) is 4.72 Å². The summed E-state index contributed by atoms with van der Waals surface area (Å²) in [5, 5.41) is 19.5. The van der Waals surface area contributed by atoms with Gasteiger partial charge in [-0.3, -0.25) is 4.79 Å². The Hall–Kier alpha value is -1.49. The summed E-state index contributed by atoms with van der Waals surface area (Å²) in [7, 11) is -3.17. The third-order valence-corrected chi connectivity index (χ3v) is 4.83. The molecule has 0 saturated heterocycles. The second kappa shape index (κ2) is 6.31. The van der Waals surface area contributed by atoms with Crippen LogP contribution >= 0.6 is 11.3 Å². The van der Waals surface area contributed by atoms with Gasteiger partial charge < -0.3 is 14.9 Å². The van der Waals surface area contributed by atoms with Crippen molar-refractivity contribution < 1.29 is 33.0 Å². The number of carboxylic acid groups (broad SMARTS) is 1. The van der Waals surface area contributed by atoms with Crippen molar-refractivity contribution in [3.05, 3.63) is 16.3 Å². The minimum Gasteiger partial charge on any atom is -0.480 e. The predicted molar refractivity (Wildman–Crippen MR) is 69.1 cm³/mol. The van der Waals surface area contributed by atoms with Crippen molar-refractivity contribution in [1.29, 1.82) is 0 Å². The minimum absolute atomic E-state index is 0.172. The van der Waals surface area contributed by atoms with Crippen molar-refractivity contribution >= 4 is 33.3 Å². The van der Waals surface area contributed by atoms with Crippen LogP contribution in [0.1, 0.15) is 16.6 Å². The third-order valence-electron chi connectivity index (χ3n) is 2.32. The SMILES string of the molecule is COC(=O)c1sccc1S(=O)(=O)NC(C(=O)O)C(C)O. The van der Waals surface area contributed by atoms with Crippen LogP contribution in [-0.2, 0) is 19.6 Å². The maximum atomic E-state index is 12.1. The highest BCUT2D eigenvalue weighted by molar-refractivity contribution is 7.89. The van der Waals surface area contributed by atoms with E-state index in [0.29, 0.717) is 0 Å². The van der Waals surface area contributed by atoms with Gasteiger partial charge in [0.1, 0.15) is 15.8 Å². The smallest absolute Gasteiger partial charge is 0.349 e. The van der Waals surface area contributed by atoms with Gasteiger partial charge >= 0.3 is 11.9 Å². The van der Waals surface area contributed by atoms with E-state index < -0.39 is 34.1 Å². The number of thiophene rings is 1. The number of esters is 1. The highest BCUT2D eigenvalue weighted by Crippen LogP contribution is 2.23. The summed E-state index contributed by atoms with van der Waals surface area (Å²) in [5.74, 6) is -2.37. The lowest BCUT2D eigenvalue weighted by atomic mass is 10.2. The molecule has 0 aromatic carbocycles. The van der Waals surface area contributed by atoms with E-state index in [2.05, 4.69) is 4.74 Å². The van der Waals surface area contributed by atoms with Gasteiger partial charge in [0, 0.05) is 0 Å². The first kappa shape index (κ1) is 16.6. The van der Waals surface area contributed by atoms with Crippen molar-refractivity contribution in [2.45, 2.75) is 24.0 Å². The van der Waals surface area contributed by atoms with Gasteiger partial charge in [0.15, 0.2) is 0 Å².